The summed E-state index contributed by atoms with van der Waals surface area (Å²) in [6.45, 7) is 12.2. The first-order chi connectivity index (χ1) is 16.5. The van der Waals surface area contributed by atoms with E-state index in [1.165, 1.54) is 11.9 Å². The van der Waals surface area contributed by atoms with Crippen molar-refractivity contribution in [3.8, 4) is 0 Å². The summed E-state index contributed by atoms with van der Waals surface area (Å²) < 4.78 is 33.3. The van der Waals surface area contributed by atoms with Crippen molar-refractivity contribution in [2.24, 2.45) is 5.41 Å². The molecule has 8 nitrogen and oxygen atoms in total. The van der Waals surface area contributed by atoms with Crippen LogP contribution in [0, 0.1) is 5.41 Å². The molecule has 0 bridgehead atoms. The van der Waals surface area contributed by atoms with Crippen LogP contribution >= 0.6 is 11.9 Å². The lowest BCUT2D eigenvalue weighted by atomic mass is 9.85. The molecule has 0 aromatic heterocycles. The van der Waals surface area contributed by atoms with Crippen LogP contribution in [0.25, 0.3) is 0 Å². The molecule has 0 saturated heterocycles. The molecule has 0 spiro atoms. The minimum atomic E-state index is -3.32. The van der Waals surface area contributed by atoms with Crippen LogP contribution in [0.4, 0.5) is 10.5 Å². The fraction of sp³-hybridized carbons (Fsp3) is 0.462. The Morgan fingerprint density at radius 1 is 0.944 bits per heavy atom. The SMILES string of the molecule is CC(C)(C)C(=O)OCc1cc(C(C)(C)C)ccc1CNC(=O)NSCc1ccc(NS(C)(=O)=O)cc1. The Bertz CT molecular complexity index is 1170. The van der Waals surface area contributed by atoms with Gasteiger partial charge in [-0.1, -0.05) is 51.1 Å². The number of nitrogens with one attached hydrogen (secondary N) is 3. The molecule has 2 amide bonds. The summed E-state index contributed by atoms with van der Waals surface area (Å²) in [5, 5.41) is 2.85. The van der Waals surface area contributed by atoms with Crippen molar-refractivity contribution >= 4 is 39.7 Å². The molecule has 0 radical (unpaired) electrons. The smallest absolute Gasteiger partial charge is 0.325 e. The van der Waals surface area contributed by atoms with E-state index >= 15 is 0 Å². The minimum Gasteiger partial charge on any atom is -0.460 e. The molecule has 2 aromatic carbocycles. The highest BCUT2D eigenvalue weighted by atomic mass is 32.2. The molecular weight excluding hydrogens is 498 g/mol. The van der Waals surface area contributed by atoms with E-state index in [2.05, 4.69) is 35.5 Å². The highest BCUT2D eigenvalue weighted by Crippen LogP contribution is 2.26. The van der Waals surface area contributed by atoms with E-state index in [-0.39, 0.29) is 30.6 Å². The molecule has 36 heavy (non-hydrogen) atoms. The molecule has 0 unspecified atom stereocenters. The second kappa shape index (κ2) is 12.0. The van der Waals surface area contributed by atoms with Gasteiger partial charge < -0.3 is 10.1 Å². The molecule has 2 aromatic rings. The van der Waals surface area contributed by atoms with E-state index in [0.717, 1.165) is 28.5 Å². The Hall–Kier alpha value is -2.72. The Morgan fingerprint density at radius 3 is 2.14 bits per heavy atom. The number of urea groups is 1. The number of ether oxygens (including phenoxy) is 1. The van der Waals surface area contributed by atoms with Gasteiger partial charge in [0, 0.05) is 18.0 Å². The third-order valence-electron chi connectivity index (χ3n) is 5.14. The number of esters is 1. The molecule has 3 N–H and O–H groups in total. The third-order valence-corrected chi connectivity index (χ3v) is 6.56. The lowest BCUT2D eigenvalue weighted by Crippen LogP contribution is -2.31. The van der Waals surface area contributed by atoms with Crippen molar-refractivity contribution in [2.75, 3.05) is 11.0 Å². The lowest BCUT2D eigenvalue weighted by Gasteiger charge is -2.22. The molecule has 2 rings (SSSR count). The fourth-order valence-electron chi connectivity index (χ4n) is 3.04. The molecule has 0 aliphatic rings. The van der Waals surface area contributed by atoms with Crippen molar-refractivity contribution in [3.63, 3.8) is 0 Å². The number of hydrogen-bond donors (Lipinski definition) is 3. The molecular formula is C26H37N3O5S2. The monoisotopic (exact) mass is 535 g/mol. The first-order valence-electron chi connectivity index (χ1n) is 11.6. The van der Waals surface area contributed by atoms with Gasteiger partial charge in [-0.25, -0.2) is 13.2 Å². The van der Waals surface area contributed by atoms with Gasteiger partial charge in [0.1, 0.15) is 6.61 Å². The van der Waals surface area contributed by atoms with Crippen molar-refractivity contribution in [1.29, 1.82) is 0 Å². The number of sulfonamides is 1. The van der Waals surface area contributed by atoms with Crippen molar-refractivity contribution in [1.82, 2.24) is 10.0 Å². The van der Waals surface area contributed by atoms with Gasteiger partial charge in [-0.3, -0.25) is 14.2 Å². The van der Waals surface area contributed by atoms with Gasteiger partial charge in [-0.15, -0.1) is 0 Å². The van der Waals surface area contributed by atoms with Crippen LogP contribution in [0.2, 0.25) is 0 Å². The minimum absolute atomic E-state index is 0.0676. The van der Waals surface area contributed by atoms with Crippen molar-refractivity contribution in [2.45, 2.75) is 65.9 Å². The highest BCUT2D eigenvalue weighted by Gasteiger charge is 2.24. The standard InChI is InChI=1S/C26H37N3O5S2/c1-25(2,3)21-11-10-19(20(14-21)16-34-23(30)26(4,5)6)15-27-24(31)28-35-17-18-8-12-22(13-9-18)29-36(7,32)33/h8-14,29H,15-17H2,1-7H3,(H2,27,28,31). The molecule has 0 heterocycles. The summed E-state index contributed by atoms with van der Waals surface area (Å²) in [4.78, 5) is 24.6. The summed E-state index contributed by atoms with van der Waals surface area (Å²) in [6, 6.07) is 12.6. The van der Waals surface area contributed by atoms with Crippen LogP contribution in [0.5, 0.6) is 0 Å². The normalized spacial score (nSPS) is 12.1. The number of benzene rings is 2. The largest absolute Gasteiger partial charge is 0.460 e. The summed E-state index contributed by atoms with van der Waals surface area (Å²) in [7, 11) is -3.32. The zero-order valence-electron chi connectivity index (χ0n) is 22.0. The maximum absolute atomic E-state index is 12.3. The summed E-state index contributed by atoms with van der Waals surface area (Å²) in [5.74, 6) is 0.234. The van der Waals surface area contributed by atoms with Crippen molar-refractivity contribution < 1.29 is 22.7 Å². The average Bonchev–Trinajstić information content (AvgIpc) is 2.75. The Balaban J connectivity index is 1.94. The Kier molecular flexibility index (Phi) is 9.85. The molecule has 0 saturated carbocycles. The third kappa shape index (κ3) is 10.1. The Labute approximate surface area is 219 Å². The van der Waals surface area contributed by atoms with E-state index < -0.39 is 15.4 Å². The van der Waals surface area contributed by atoms with Gasteiger partial charge >= 0.3 is 12.0 Å². The molecule has 0 fully saturated rings. The van der Waals surface area contributed by atoms with Gasteiger partial charge in [-0.05, 0) is 72.5 Å². The Morgan fingerprint density at radius 2 is 1.58 bits per heavy atom. The average molecular weight is 536 g/mol. The predicted molar refractivity (Wildman–Crippen MR) is 146 cm³/mol. The maximum atomic E-state index is 12.3. The summed E-state index contributed by atoms with van der Waals surface area (Å²) >= 11 is 1.23. The quantitative estimate of drug-likeness (QED) is 0.304. The van der Waals surface area contributed by atoms with Crippen LogP contribution in [0.1, 0.15) is 63.8 Å². The van der Waals surface area contributed by atoms with Crippen LogP contribution in [-0.4, -0.2) is 26.7 Å². The van der Waals surface area contributed by atoms with Crippen LogP contribution in [0.3, 0.4) is 0 Å². The van der Waals surface area contributed by atoms with Gasteiger partial charge in [0.2, 0.25) is 10.0 Å². The lowest BCUT2D eigenvalue weighted by molar-refractivity contribution is -0.154. The number of rotatable bonds is 9. The number of carbonyl (C=O) groups is 2. The molecule has 198 valence electrons. The second-order valence-electron chi connectivity index (χ2n) is 10.7. The van der Waals surface area contributed by atoms with Gasteiger partial charge in [0.05, 0.1) is 11.7 Å². The highest BCUT2D eigenvalue weighted by molar-refractivity contribution is 7.97. The van der Waals surface area contributed by atoms with E-state index in [9.17, 15) is 18.0 Å². The summed E-state index contributed by atoms with van der Waals surface area (Å²) in [6.07, 6.45) is 1.10. The molecule has 10 heteroatoms. The van der Waals surface area contributed by atoms with E-state index in [0.29, 0.717) is 11.4 Å². The van der Waals surface area contributed by atoms with E-state index in [4.69, 9.17) is 4.74 Å². The second-order valence-corrected chi connectivity index (χ2v) is 13.2. The number of amides is 2. The zero-order chi connectivity index (χ0) is 27.1. The molecule has 0 aliphatic heterocycles. The number of anilines is 1. The van der Waals surface area contributed by atoms with Gasteiger partial charge in [0.25, 0.3) is 0 Å². The van der Waals surface area contributed by atoms with Crippen LogP contribution in [0.15, 0.2) is 42.5 Å². The van der Waals surface area contributed by atoms with E-state index in [1.54, 1.807) is 24.3 Å². The topological polar surface area (TPSA) is 114 Å². The van der Waals surface area contributed by atoms with Crippen LogP contribution < -0.4 is 14.8 Å². The number of carbonyl (C=O) groups excluding carboxylic acids is 2. The van der Waals surface area contributed by atoms with Crippen LogP contribution in [-0.2, 0) is 43.9 Å². The van der Waals surface area contributed by atoms with Gasteiger partial charge in [-0.2, -0.15) is 0 Å². The fourth-order valence-corrected chi connectivity index (χ4v) is 4.24. The first-order valence-corrected chi connectivity index (χ1v) is 14.4. The first kappa shape index (κ1) is 29.5. The van der Waals surface area contributed by atoms with Gasteiger partial charge in [0.15, 0.2) is 0 Å². The zero-order valence-corrected chi connectivity index (χ0v) is 23.7. The van der Waals surface area contributed by atoms with Crippen molar-refractivity contribution in [3.05, 3.63) is 64.7 Å². The maximum Gasteiger partial charge on any atom is 0.325 e. The number of hydrogen-bond acceptors (Lipinski definition) is 6. The molecule has 0 aliphatic carbocycles. The predicted octanol–water partition coefficient (Wildman–Crippen LogP) is 5.09. The summed E-state index contributed by atoms with van der Waals surface area (Å²) in [5.41, 5.74) is 3.60. The molecule has 0 atom stereocenters. The van der Waals surface area contributed by atoms with E-state index in [1.807, 2.05) is 39.0 Å².